The van der Waals surface area contributed by atoms with Gasteiger partial charge >= 0.3 is 0 Å². The monoisotopic (exact) mass is 380 g/mol. The Labute approximate surface area is 157 Å². The average Bonchev–Trinajstić information content (AvgIpc) is 2.93. The number of carbonyl (C=O) groups is 1. The summed E-state index contributed by atoms with van der Waals surface area (Å²) < 4.78 is 38.8. The van der Waals surface area contributed by atoms with Gasteiger partial charge in [-0.2, -0.15) is 0 Å². The summed E-state index contributed by atoms with van der Waals surface area (Å²) in [5.74, 6) is -1.49. The number of anilines is 2. The third-order valence-corrected chi connectivity index (χ3v) is 4.20. The second-order valence-corrected chi connectivity index (χ2v) is 5.96. The standard InChI is InChI=1S/C17H17ClFN5O2/c1-4-24-7-10(19)15-14(17(24)26)12(8-23(15)3)22-11-5-13(18)21-6-9(11)16(25)20-2/h5-8H,4H2,1-3H3,(H,20,25)(H,21,22)/i2D3. The molecule has 3 heterocycles. The molecule has 9 heteroatoms. The number of amides is 1. The van der Waals surface area contributed by atoms with Gasteiger partial charge < -0.3 is 19.8 Å². The van der Waals surface area contributed by atoms with Gasteiger partial charge in [0.15, 0.2) is 5.82 Å². The summed E-state index contributed by atoms with van der Waals surface area (Å²) in [5, 5.41) is 4.89. The predicted molar refractivity (Wildman–Crippen MR) is 98.7 cm³/mol. The molecule has 0 radical (unpaired) electrons. The lowest BCUT2D eigenvalue weighted by Gasteiger charge is -2.11. The molecule has 3 aromatic heterocycles. The minimum atomic E-state index is -2.70. The Morgan fingerprint density at radius 2 is 2.19 bits per heavy atom. The van der Waals surface area contributed by atoms with Crippen molar-refractivity contribution in [2.75, 3.05) is 12.3 Å². The van der Waals surface area contributed by atoms with Crippen LogP contribution in [-0.2, 0) is 13.6 Å². The lowest BCUT2D eigenvalue weighted by molar-refractivity contribution is 0.0963. The zero-order chi connectivity index (χ0) is 21.5. The zero-order valence-electron chi connectivity index (χ0n) is 16.9. The van der Waals surface area contributed by atoms with Gasteiger partial charge in [-0.1, -0.05) is 11.6 Å². The highest BCUT2D eigenvalue weighted by atomic mass is 35.5. The first-order chi connectivity index (χ1) is 13.5. The van der Waals surface area contributed by atoms with E-state index in [0.29, 0.717) is 0 Å². The van der Waals surface area contributed by atoms with Crippen LogP contribution in [0.15, 0.2) is 29.5 Å². The molecule has 0 atom stereocenters. The summed E-state index contributed by atoms with van der Waals surface area (Å²) in [6.07, 6.45) is 3.74. The zero-order valence-corrected chi connectivity index (χ0v) is 14.7. The van der Waals surface area contributed by atoms with E-state index in [0.717, 1.165) is 12.4 Å². The summed E-state index contributed by atoms with van der Waals surface area (Å²) in [6.45, 7) is -0.721. The minimum Gasteiger partial charge on any atom is -0.355 e. The first kappa shape index (κ1) is 14.3. The number of pyridine rings is 2. The van der Waals surface area contributed by atoms with Gasteiger partial charge in [-0.15, -0.1) is 0 Å². The van der Waals surface area contributed by atoms with Crippen LogP contribution in [0.4, 0.5) is 15.8 Å². The molecule has 26 heavy (non-hydrogen) atoms. The third-order valence-electron chi connectivity index (χ3n) is 3.99. The van der Waals surface area contributed by atoms with Crippen LogP contribution in [0.1, 0.15) is 21.4 Å². The van der Waals surface area contributed by atoms with Gasteiger partial charge in [-0.05, 0) is 13.0 Å². The van der Waals surface area contributed by atoms with Crippen molar-refractivity contribution < 1.29 is 13.3 Å². The predicted octanol–water partition coefficient (Wildman–Crippen LogP) is 2.65. The molecule has 0 unspecified atom stereocenters. The van der Waals surface area contributed by atoms with E-state index in [4.69, 9.17) is 15.7 Å². The van der Waals surface area contributed by atoms with Crippen LogP contribution in [0, 0.1) is 5.82 Å². The number of nitrogens with zero attached hydrogens (tertiary/aromatic N) is 3. The molecule has 0 bridgehead atoms. The Balaban J connectivity index is 2.15. The van der Waals surface area contributed by atoms with Crippen LogP contribution in [0.5, 0.6) is 0 Å². The van der Waals surface area contributed by atoms with E-state index in [2.05, 4.69) is 10.3 Å². The van der Waals surface area contributed by atoms with Crippen molar-refractivity contribution in [3.63, 3.8) is 0 Å². The number of halogens is 2. The lowest BCUT2D eigenvalue weighted by atomic mass is 10.2. The molecule has 0 aliphatic rings. The molecule has 3 rings (SSSR count). The largest absolute Gasteiger partial charge is 0.355 e. The Kier molecular flexibility index (Phi) is 3.74. The second kappa shape index (κ2) is 6.80. The summed E-state index contributed by atoms with van der Waals surface area (Å²) in [6, 6.07) is 1.31. The number of aromatic nitrogens is 3. The van der Waals surface area contributed by atoms with E-state index >= 15 is 0 Å². The van der Waals surface area contributed by atoms with Crippen LogP contribution in [-0.4, -0.2) is 27.0 Å². The highest BCUT2D eigenvalue weighted by molar-refractivity contribution is 6.29. The summed E-state index contributed by atoms with van der Waals surface area (Å²) in [4.78, 5) is 28.9. The van der Waals surface area contributed by atoms with Crippen LogP contribution in [0.2, 0.25) is 5.15 Å². The minimum absolute atomic E-state index is 0.0373. The van der Waals surface area contributed by atoms with Crippen molar-refractivity contribution in [3.8, 4) is 0 Å². The van der Waals surface area contributed by atoms with Gasteiger partial charge in [0.2, 0.25) is 0 Å². The maximum Gasteiger partial charge on any atom is 0.262 e. The molecule has 0 saturated heterocycles. The molecule has 0 saturated carbocycles. The normalized spacial score (nSPS) is 13.2. The molecular formula is C17H17ClFN5O2. The molecule has 1 amide bonds. The molecular weight excluding hydrogens is 361 g/mol. The molecule has 2 N–H and O–H groups in total. The molecule has 0 aliphatic heterocycles. The maximum atomic E-state index is 14.5. The highest BCUT2D eigenvalue weighted by Gasteiger charge is 2.19. The summed E-state index contributed by atoms with van der Waals surface area (Å²) in [7, 11) is 1.58. The van der Waals surface area contributed by atoms with Crippen molar-refractivity contribution in [1.82, 2.24) is 19.4 Å². The molecule has 0 aliphatic carbocycles. The Morgan fingerprint density at radius 1 is 1.42 bits per heavy atom. The van der Waals surface area contributed by atoms with Crippen molar-refractivity contribution >= 4 is 39.8 Å². The van der Waals surface area contributed by atoms with Gasteiger partial charge in [-0.3, -0.25) is 9.59 Å². The van der Waals surface area contributed by atoms with Crippen LogP contribution >= 0.6 is 11.6 Å². The van der Waals surface area contributed by atoms with Gasteiger partial charge in [-0.25, -0.2) is 9.37 Å². The van der Waals surface area contributed by atoms with Gasteiger partial charge in [0.25, 0.3) is 11.5 Å². The smallest absolute Gasteiger partial charge is 0.262 e. The number of fused-ring (bicyclic) bond motifs is 1. The quantitative estimate of drug-likeness (QED) is 0.682. The van der Waals surface area contributed by atoms with E-state index in [1.165, 1.54) is 21.4 Å². The van der Waals surface area contributed by atoms with Crippen molar-refractivity contribution in [2.45, 2.75) is 13.5 Å². The van der Waals surface area contributed by atoms with Gasteiger partial charge in [0.1, 0.15) is 5.15 Å². The molecule has 0 fully saturated rings. The summed E-state index contributed by atoms with van der Waals surface area (Å²) >= 11 is 5.92. The number of aryl methyl sites for hydroxylation is 2. The van der Waals surface area contributed by atoms with Gasteiger partial charge in [0, 0.05) is 43.3 Å². The van der Waals surface area contributed by atoms with Crippen molar-refractivity contribution in [2.24, 2.45) is 7.05 Å². The fraction of sp³-hybridized carbons (Fsp3) is 0.235. The van der Waals surface area contributed by atoms with E-state index in [1.807, 2.05) is 5.32 Å². The van der Waals surface area contributed by atoms with Crippen LogP contribution in [0.3, 0.4) is 0 Å². The second-order valence-electron chi connectivity index (χ2n) is 5.58. The topological polar surface area (TPSA) is 81.0 Å². The average molecular weight is 381 g/mol. The Bertz CT molecular complexity index is 1170. The Hall–Kier alpha value is -2.87. The lowest BCUT2D eigenvalue weighted by Crippen LogP contribution is -2.21. The van der Waals surface area contributed by atoms with E-state index in [1.54, 1.807) is 14.0 Å². The third kappa shape index (κ3) is 2.92. The number of hydrogen-bond donors (Lipinski definition) is 2. The van der Waals surface area contributed by atoms with Crippen molar-refractivity contribution in [3.05, 3.63) is 51.5 Å². The Morgan fingerprint density at radius 3 is 2.88 bits per heavy atom. The highest BCUT2D eigenvalue weighted by Crippen LogP contribution is 2.29. The van der Waals surface area contributed by atoms with Gasteiger partial charge in [0.05, 0.1) is 27.8 Å². The number of nitrogens with one attached hydrogen (secondary N) is 2. The summed E-state index contributed by atoms with van der Waals surface area (Å²) in [5.41, 5.74) is -0.0726. The van der Waals surface area contributed by atoms with E-state index in [-0.39, 0.29) is 39.5 Å². The molecule has 0 aromatic carbocycles. The van der Waals surface area contributed by atoms with Crippen molar-refractivity contribution in [1.29, 1.82) is 0 Å². The van der Waals surface area contributed by atoms with Crippen LogP contribution in [0.25, 0.3) is 10.9 Å². The first-order valence-corrected chi connectivity index (χ1v) is 8.02. The fourth-order valence-electron chi connectivity index (χ4n) is 2.79. The SMILES string of the molecule is [2H]C([2H])([2H])NC(=O)c1cnc(Cl)cc1Nc1cn(C)c2c(F)cn(CC)c(=O)c12. The number of rotatable bonds is 4. The number of carbonyl (C=O) groups excluding carboxylic acids is 1. The first-order valence-electron chi connectivity index (χ1n) is 9.15. The van der Waals surface area contributed by atoms with E-state index in [9.17, 15) is 14.0 Å². The molecule has 0 spiro atoms. The molecule has 7 nitrogen and oxygen atoms in total. The molecule has 136 valence electrons. The van der Waals surface area contributed by atoms with Crippen LogP contribution < -0.4 is 16.2 Å². The fourth-order valence-corrected chi connectivity index (χ4v) is 2.95. The van der Waals surface area contributed by atoms with E-state index < -0.39 is 24.3 Å². The number of hydrogen-bond acceptors (Lipinski definition) is 4. The maximum absolute atomic E-state index is 14.5. The molecule has 3 aromatic rings.